The summed E-state index contributed by atoms with van der Waals surface area (Å²) >= 11 is 9.45. The summed E-state index contributed by atoms with van der Waals surface area (Å²) in [6.45, 7) is 16.8. The van der Waals surface area contributed by atoms with Crippen LogP contribution < -0.4 is 0 Å². The number of pyridine rings is 2. The van der Waals surface area contributed by atoms with Gasteiger partial charge in [-0.2, -0.15) is 10.2 Å². The number of hydrogen-bond acceptors (Lipinski definition) is 8. The van der Waals surface area contributed by atoms with Gasteiger partial charge in [0.2, 0.25) is 0 Å². The summed E-state index contributed by atoms with van der Waals surface area (Å²) in [5.74, 6) is 0. The lowest BCUT2D eigenvalue weighted by Crippen LogP contribution is -2.38. The number of halogens is 1. The molecular formula is C64H69BrN8O2S2Si2. The Balaban J connectivity index is 0.000000178. The van der Waals surface area contributed by atoms with Crippen LogP contribution in [0, 0.1) is 0 Å². The molecule has 0 saturated carbocycles. The zero-order valence-corrected chi connectivity index (χ0v) is 51.4. The van der Waals surface area contributed by atoms with Gasteiger partial charge in [-0.15, -0.1) is 12.6 Å². The molecule has 404 valence electrons. The molecule has 11 rings (SSSR count). The van der Waals surface area contributed by atoms with Gasteiger partial charge in [0.1, 0.15) is 30.3 Å². The molecule has 0 fully saturated rings. The Morgan fingerprint density at radius 2 is 0.962 bits per heavy atom. The van der Waals surface area contributed by atoms with E-state index in [1.807, 2.05) is 79.1 Å². The summed E-state index contributed by atoms with van der Waals surface area (Å²) in [6.07, 6.45) is 16.2. The average molecular weight is 1180 g/mol. The SMILES string of the molecule is C[Si](C)(C)CCOCn1cc(-c2cnn(C(c3ccccc3)(c3ccccc3)c3ccccc3)c2)c2cc(Br)cnc21.Cn1cc(-c2cn(COCC[Si](C)(C)C)c3ncc(Sc4ccccc4)cc23)cn1.Sc1ccccc1. The summed E-state index contributed by atoms with van der Waals surface area (Å²) in [5, 5.41) is 11.6. The van der Waals surface area contributed by atoms with E-state index in [0.29, 0.717) is 13.5 Å². The van der Waals surface area contributed by atoms with Crippen molar-refractivity contribution in [1.82, 2.24) is 38.7 Å². The number of nitrogens with zero attached hydrogens (tertiary/aromatic N) is 8. The van der Waals surface area contributed by atoms with Crippen LogP contribution in [0.3, 0.4) is 0 Å². The Bertz CT molecular complexity index is 3580. The number of thiol groups is 1. The van der Waals surface area contributed by atoms with E-state index in [1.54, 1.807) is 11.8 Å². The molecule has 0 N–H and O–H groups in total. The molecule has 79 heavy (non-hydrogen) atoms. The normalized spacial score (nSPS) is 11.8. The molecule has 6 heterocycles. The minimum Gasteiger partial charge on any atom is -0.361 e. The second kappa shape index (κ2) is 26.1. The van der Waals surface area contributed by atoms with Crippen molar-refractivity contribution in [3.63, 3.8) is 0 Å². The number of ether oxygens (including phenoxy) is 2. The van der Waals surface area contributed by atoms with Crippen LogP contribution in [0.5, 0.6) is 0 Å². The van der Waals surface area contributed by atoms with E-state index >= 15 is 0 Å². The van der Waals surface area contributed by atoms with E-state index in [-0.39, 0.29) is 0 Å². The first-order valence-corrected chi connectivity index (χ1v) is 36.1. The van der Waals surface area contributed by atoms with Crippen LogP contribution in [-0.4, -0.2) is 68.0 Å². The summed E-state index contributed by atoms with van der Waals surface area (Å²) in [7, 11) is -0.331. The Morgan fingerprint density at radius 1 is 0.519 bits per heavy atom. The molecule has 5 aromatic carbocycles. The van der Waals surface area contributed by atoms with Gasteiger partial charge in [-0.1, -0.05) is 178 Å². The minimum atomic E-state index is -1.17. The first-order chi connectivity index (χ1) is 38.1. The van der Waals surface area contributed by atoms with Crippen molar-refractivity contribution in [2.24, 2.45) is 7.05 Å². The highest BCUT2D eigenvalue weighted by Crippen LogP contribution is 2.42. The predicted molar refractivity (Wildman–Crippen MR) is 338 cm³/mol. The number of hydrogen-bond donors (Lipinski definition) is 1. The molecule has 15 heteroatoms. The molecular weight excluding hydrogens is 1110 g/mol. The van der Waals surface area contributed by atoms with E-state index in [2.05, 4.69) is 233 Å². The number of rotatable bonds is 18. The maximum Gasteiger partial charge on any atom is 0.142 e. The average Bonchev–Trinajstić information content (AvgIpc) is 4.46. The fraction of sp³-hybridized carbons (Fsp3) is 0.219. The van der Waals surface area contributed by atoms with Gasteiger partial charge in [0.15, 0.2) is 0 Å². The van der Waals surface area contributed by atoms with Crippen molar-refractivity contribution < 1.29 is 9.47 Å². The minimum absolute atomic E-state index is 0.464. The lowest BCUT2D eigenvalue weighted by atomic mass is 9.77. The highest BCUT2D eigenvalue weighted by atomic mass is 79.9. The maximum atomic E-state index is 6.14. The number of aryl methyl sites for hydroxylation is 1. The van der Waals surface area contributed by atoms with Crippen LogP contribution in [0.1, 0.15) is 16.7 Å². The molecule has 10 nitrogen and oxygen atoms in total. The second-order valence-electron chi connectivity index (χ2n) is 21.9. The van der Waals surface area contributed by atoms with E-state index in [1.165, 1.54) is 4.90 Å². The van der Waals surface area contributed by atoms with Crippen LogP contribution in [0.2, 0.25) is 51.4 Å². The molecule has 0 unspecified atom stereocenters. The molecule has 0 saturated heterocycles. The molecule has 0 radical (unpaired) electrons. The molecule has 6 aromatic heterocycles. The summed E-state index contributed by atoms with van der Waals surface area (Å²) < 4.78 is 21.3. The number of aromatic nitrogens is 8. The Kier molecular flexibility index (Phi) is 18.9. The lowest BCUT2D eigenvalue weighted by Gasteiger charge is -2.36. The molecule has 0 atom stereocenters. The van der Waals surface area contributed by atoms with Crippen molar-refractivity contribution >= 4 is 78.5 Å². The summed E-state index contributed by atoms with van der Waals surface area (Å²) in [4.78, 5) is 12.9. The summed E-state index contributed by atoms with van der Waals surface area (Å²) in [6, 6.07) is 58.7. The first kappa shape index (κ1) is 57.1. The highest BCUT2D eigenvalue weighted by Gasteiger charge is 2.39. The third kappa shape index (κ3) is 14.6. The zero-order valence-electron chi connectivity index (χ0n) is 46.1. The third-order valence-corrected chi connectivity index (χ3v) is 18.5. The Hall–Kier alpha value is -6.57. The monoisotopic (exact) mass is 1180 g/mol. The van der Waals surface area contributed by atoms with Gasteiger partial charge in [-0.05, 0) is 81.1 Å². The van der Waals surface area contributed by atoms with Gasteiger partial charge in [0.25, 0.3) is 0 Å². The fourth-order valence-electron chi connectivity index (χ4n) is 9.29. The smallest absolute Gasteiger partial charge is 0.142 e. The molecule has 0 bridgehead atoms. The van der Waals surface area contributed by atoms with Crippen LogP contribution in [0.15, 0.2) is 233 Å². The van der Waals surface area contributed by atoms with Gasteiger partial charge in [0, 0.05) is 126 Å². The van der Waals surface area contributed by atoms with Gasteiger partial charge in [0.05, 0.1) is 12.4 Å². The number of benzene rings is 5. The van der Waals surface area contributed by atoms with Gasteiger partial charge < -0.3 is 18.6 Å². The topological polar surface area (TPSA) is 89.7 Å². The quantitative estimate of drug-likeness (QED) is 0.0396. The van der Waals surface area contributed by atoms with Crippen molar-refractivity contribution in [3.05, 3.63) is 235 Å². The van der Waals surface area contributed by atoms with Crippen molar-refractivity contribution in [2.75, 3.05) is 13.2 Å². The molecule has 11 aromatic rings. The van der Waals surface area contributed by atoms with E-state index < -0.39 is 21.7 Å². The van der Waals surface area contributed by atoms with Crippen molar-refractivity contribution in [3.8, 4) is 22.3 Å². The van der Waals surface area contributed by atoms with Crippen LogP contribution in [0.25, 0.3) is 44.3 Å². The van der Waals surface area contributed by atoms with Gasteiger partial charge >= 0.3 is 0 Å². The van der Waals surface area contributed by atoms with Crippen molar-refractivity contribution in [2.45, 2.75) is 85.1 Å². The molecule has 0 amide bonds. The lowest BCUT2D eigenvalue weighted by molar-refractivity contribution is 0.0898. The predicted octanol–water partition coefficient (Wildman–Crippen LogP) is 16.7. The van der Waals surface area contributed by atoms with Crippen LogP contribution >= 0.6 is 40.3 Å². The van der Waals surface area contributed by atoms with Crippen LogP contribution in [0.4, 0.5) is 0 Å². The highest BCUT2D eigenvalue weighted by molar-refractivity contribution is 9.10. The molecule has 0 spiro atoms. The third-order valence-electron chi connectivity index (χ3n) is 13.4. The largest absolute Gasteiger partial charge is 0.361 e. The van der Waals surface area contributed by atoms with E-state index in [9.17, 15) is 0 Å². The zero-order chi connectivity index (χ0) is 55.4. The van der Waals surface area contributed by atoms with E-state index in [4.69, 9.17) is 24.5 Å². The Morgan fingerprint density at radius 3 is 1.42 bits per heavy atom. The second-order valence-corrected chi connectivity index (χ2v) is 35.7. The van der Waals surface area contributed by atoms with Gasteiger partial charge in [-0.3, -0.25) is 9.36 Å². The molecule has 0 aliphatic rings. The fourth-order valence-corrected chi connectivity index (χ4v) is 12.2. The Labute approximate surface area is 485 Å². The summed E-state index contributed by atoms with van der Waals surface area (Å²) in [5.41, 5.74) is 8.91. The standard InChI is InChI=1S/C35H35BrN4OSi.C23H28N4OSSi.C6H6S/c1-42(2,3)20-19-41-26-39-25-33(32-21-31(36)23-37-34(32)39)27-22-38-40(24-27)35(28-13-7-4-8-14-28,29-15-9-5-10-16-29)30-17-11-6-12-18-30;1-26-15-18(13-25-26)22-16-27(17-28-10-11-30(2,3)4)23-21(22)12-20(14-24-23)29-19-8-6-5-7-9-19;7-6-4-2-1-3-5-6/h4-18,21-25H,19-20,26H2,1-3H3;5-9,12-16H,10-11,17H2,1-4H3;1-5,7H. The number of fused-ring (bicyclic) bond motifs is 2. The van der Waals surface area contributed by atoms with Crippen molar-refractivity contribution in [1.29, 1.82) is 0 Å². The maximum absolute atomic E-state index is 6.14. The molecule has 0 aliphatic heterocycles. The molecule has 0 aliphatic carbocycles. The van der Waals surface area contributed by atoms with Crippen LogP contribution in [-0.2, 0) is 35.5 Å². The first-order valence-electron chi connectivity index (χ1n) is 26.6. The van der Waals surface area contributed by atoms with E-state index in [0.717, 1.165) is 101 Å². The van der Waals surface area contributed by atoms with Gasteiger partial charge in [-0.25, -0.2) is 9.97 Å².